The predicted octanol–water partition coefficient (Wildman–Crippen LogP) is 5.13. The van der Waals surface area contributed by atoms with Crippen molar-refractivity contribution in [2.75, 3.05) is 11.9 Å². The zero-order valence-electron chi connectivity index (χ0n) is 18.5. The van der Waals surface area contributed by atoms with Crippen LogP contribution in [0.3, 0.4) is 0 Å². The van der Waals surface area contributed by atoms with E-state index in [4.69, 9.17) is 4.74 Å². The summed E-state index contributed by atoms with van der Waals surface area (Å²) in [7, 11) is 0. The molecule has 0 heterocycles. The molecular weight excluding hydrogens is 383 g/mol. The first-order chi connectivity index (χ1) is 13.9. The standard InChI is InChI=1S/C24H31FN2O3/c1-7-8-15(2)11-17(25)14-27-19-12-16(13-26)9-10-18(19)20(28)30-22-23(3,4)21(29)24(22,5)6/h8-12,21-22,27,29H,7,14H2,1-6H3/b15-8-,17-11+. The summed E-state index contributed by atoms with van der Waals surface area (Å²) in [6.07, 6.45) is 3.08. The van der Waals surface area contributed by atoms with E-state index in [2.05, 4.69) is 5.32 Å². The van der Waals surface area contributed by atoms with Gasteiger partial charge in [0.2, 0.25) is 0 Å². The van der Waals surface area contributed by atoms with Crippen LogP contribution in [0.2, 0.25) is 0 Å². The van der Waals surface area contributed by atoms with Gasteiger partial charge in [0.05, 0.1) is 35.5 Å². The number of carbonyl (C=O) groups is 1. The highest BCUT2D eigenvalue weighted by atomic mass is 19.1. The second-order valence-electron chi connectivity index (χ2n) is 9.00. The number of benzene rings is 1. The van der Waals surface area contributed by atoms with Gasteiger partial charge in [-0.25, -0.2) is 9.18 Å². The Morgan fingerprint density at radius 1 is 1.33 bits per heavy atom. The SMILES string of the molecule is CC/C=C(C)\C=C(\F)CNc1cc(C#N)ccc1C(=O)OC1C(C)(C)C(O)C1(C)C. The van der Waals surface area contributed by atoms with Gasteiger partial charge in [-0.1, -0.05) is 46.3 Å². The van der Waals surface area contributed by atoms with Crippen molar-refractivity contribution >= 4 is 11.7 Å². The molecule has 1 aliphatic carbocycles. The van der Waals surface area contributed by atoms with Gasteiger partial charge in [-0.3, -0.25) is 0 Å². The number of halogens is 1. The Balaban J connectivity index is 2.23. The first-order valence-corrected chi connectivity index (χ1v) is 10.1. The summed E-state index contributed by atoms with van der Waals surface area (Å²) < 4.78 is 20.0. The number of rotatable bonds is 7. The molecule has 0 aromatic heterocycles. The third-order valence-corrected chi connectivity index (χ3v) is 5.71. The molecule has 2 N–H and O–H groups in total. The number of aliphatic hydroxyl groups is 1. The van der Waals surface area contributed by atoms with E-state index >= 15 is 0 Å². The van der Waals surface area contributed by atoms with Crippen LogP contribution in [-0.2, 0) is 4.74 Å². The molecule has 0 aliphatic heterocycles. The molecule has 30 heavy (non-hydrogen) atoms. The van der Waals surface area contributed by atoms with Crippen LogP contribution < -0.4 is 5.32 Å². The number of esters is 1. The zero-order chi connectivity index (χ0) is 22.7. The van der Waals surface area contributed by atoms with E-state index < -0.39 is 29.0 Å². The molecule has 0 unspecified atom stereocenters. The summed E-state index contributed by atoms with van der Waals surface area (Å²) in [4.78, 5) is 12.9. The van der Waals surface area contributed by atoms with E-state index in [1.165, 1.54) is 24.3 Å². The molecule has 0 bridgehead atoms. The van der Waals surface area contributed by atoms with Gasteiger partial charge in [0.25, 0.3) is 0 Å². The average Bonchev–Trinajstić information content (AvgIpc) is 2.69. The van der Waals surface area contributed by atoms with Gasteiger partial charge in [-0.15, -0.1) is 0 Å². The molecular formula is C24H31FN2O3. The molecule has 0 atom stereocenters. The second-order valence-corrected chi connectivity index (χ2v) is 9.00. The van der Waals surface area contributed by atoms with E-state index in [-0.39, 0.29) is 17.9 Å². The van der Waals surface area contributed by atoms with E-state index in [0.717, 1.165) is 12.0 Å². The number of nitrogens with one attached hydrogen (secondary N) is 1. The van der Waals surface area contributed by atoms with Gasteiger partial charge < -0.3 is 15.2 Å². The van der Waals surface area contributed by atoms with Gasteiger partial charge in [-0.05, 0) is 37.6 Å². The maximum absolute atomic E-state index is 14.2. The van der Waals surface area contributed by atoms with Crippen LogP contribution >= 0.6 is 0 Å². The first kappa shape index (κ1) is 23.6. The molecule has 0 amide bonds. The highest BCUT2D eigenvalue weighted by molar-refractivity contribution is 5.96. The first-order valence-electron chi connectivity index (χ1n) is 10.1. The Labute approximate surface area is 178 Å². The Bertz CT molecular complexity index is 894. The summed E-state index contributed by atoms with van der Waals surface area (Å²) >= 11 is 0. The Morgan fingerprint density at radius 3 is 2.53 bits per heavy atom. The lowest BCUT2D eigenvalue weighted by Gasteiger charge is -2.60. The minimum atomic E-state index is -0.597. The van der Waals surface area contributed by atoms with Gasteiger partial charge in [0.15, 0.2) is 0 Å². The molecule has 1 fully saturated rings. The monoisotopic (exact) mass is 414 g/mol. The van der Waals surface area contributed by atoms with E-state index in [0.29, 0.717) is 11.3 Å². The van der Waals surface area contributed by atoms with Crippen LogP contribution in [0.5, 0.6) is 0 Å². The molecule has 0 saturated heterocycles. The van der Waals surface area contributed by atoms with Gasteiger partial charge in [-0.2, -0.15) is 5.26 Å². The lowest BCUT2D eigenvalue weighted by molar-refractivity contribution is -0.246. The van der Waals surface area contributed by atoms with Crippen LogP contribution in [-0.4, -0.2) is 29.8 Å². The fourth-order valence-corrected chi connectivity index (χ4v) is 4.38. The number of nitriles is 1. The van der Waals surface area contributed by atoms with Crippen molar-refractivity contribution in [1.82, 2.24) is 0 Å². The second kappa shape index (κ2) is 9.01. The topological polar surface area (TPSA) is 82.4 Å². The van der Waals surface area contributed by atoms with Crippen LogP contribution in [0, 0.1) is 22.2 Å². The fourth-order valence-electron chi connectivity index (χ4n) is 4.38. The third-order valence-electron chi connectivity index (χ3n) is 5.71. The maximum Gasteiger partial charge on any atom is 0.340 e. The maximum atomic E-state index is 14.2. The van der Waals surface area contributed by atoms with Gasteiger partial charge >= 0.3 is 5.97 Å². The van der Waals surface area contributed by atoms with Crippen LogP contribution in [0.25, 0.3) is 0 Å². The Kier molecular flexibility index (Phi) is 7.10. The summed E-state index contributed by atoms with van der Waals surface area (Å²) in [6.45, 7) is 11.1. The molecule has 1 aromatic carbocycles. The summed E-state index contributed by atoms with van der Waals surface area (Å²) in [5, 5.41) is 22.4. The Morgan fingerprint density at radius 2 is 1.97 bits per heavy atom. The lowest BCUT2D eigenvalue weighted by atomic mass is 9.51. The summed E-state index contributed by atoms with van der Waals surface area (Å²) in [5.74, 6) is -0.963. The van der Waals surface area contributed by atoms with E-state index in [1.54, 1.807) is 0 Å². The minimum absolute atomic E-state index is 0.122. The molecule has 2 rings (SSSR count). The van der Waals surface area contributed by atoms with Crippen LogP contribution in [0.15, 0.2) is 41.8 Å². The largest absolute Gasteiger partial charge is 0.457 e. The molecule has 0 radical (unpaired) electrons. The number of ether oxygens (including phenoxy) is 1. The van der Waals surface area contributed by atoms with Gasteiger partial charge in [0.1, 0.15) is 11.9 Å². The van der Waals surface area contributed by atoms with Crippen molar-refractivity contribution in [2.24, 2.45) is 10.8 Å². The molecule has 1 saturated carbocycles. The number of allylic oxidation sites excluding steroid dienone is 3. The van der Waals surface area contributed by atoms with Crippen molar-refractivity contribution in [3.63, 3.8) is 0 Å². The summed E-state index contributed by atoms with van der Waals surface area (Å²) in [5.41, 5.74) is 0.565. The van der Waals surface area contributed by atoms with Gasteiger partial charge in [0, 0.05) is 10.8 Å². The van der Waals surface area contributed by atoms with Crippen molar-refractivity contribution < 1.29 is 19.0 Å². The molecule has 1 aliphatic rings. The molecule has 6 heteroatoms. The number of nitrogens with zero attached hydrogens (tertiary/aromatic N) is 1. The number of aliphatic hydroxyl groups excluding tert-OH is 1. The van der Waals surface area contributed by atoms with Crippen LogP contribution in [0.1, 0.15) is 63.9 Å². The third kappa shape index (κ3) is 4.73. The lowest BCUT2D eigenvalue weighted by Crippen LogP contribution is -2.68. The quantitative estimate of drug-likeness (QED) is 0.477. The van der Waals surface area contributed by atoms with Crippen LogP contribution in [0.4, 0.5) is 10.1 Å². The smallest absolute Gasteiger partial charge is 0.340 e. The highest BCUT2D eigenvalue weighted by Crippen LogP contribution is 2.55. The average molecular weight is 415 g/mol. The van der Waals surface area contributed by atoms with Crippen molar-refractivity contribution in [3.05, 3.63) is 52.9 Å². The minimum Gasteiger partial charge on any atom is -0.457 e. The summed E-state index contributed by atoms with van der Waals surface area (Å²) in [6, 6.07) is 6.55. The number of hydrogen-bond acceptors (Lipinski definition) is 5. The molecule has 0 spiro atoms. The van der Waals surface area contributed by atoms with Crippen molar-refractivity contribution in [2.45, 2.75) is 60.2 Å². The number of anilines is 1. The zero-order valence-corrected chi connectivity index (χ0v) is 18.5. The number of hydrogen-bond donors (Lipinski definition) is 2. The predicted molar refractivity (Wildman–Crippen MR) is 116 cm³/mol. The van der Waals surface area contributed by atoms with Crippen molar-refractivity contribution in [1.29, 1.82) is 5.26 Å². The van der Waals surface area contributed by atoms with E-state index in [9.17, 15) is 19.6 Å². The molecule has 162 valence electrons. The van der Waals surface area contributed by atoms with Crippen molar-refractivity contribution in [3.8, 4) is 6.07 Å². The highest BCUT2D eigenvalue weighted by Gasteiger charge is 2.63. The Hall–Kier alpha value is -2.65. The fraction of sp³-hybridized carbons (Fsp3) is 0.500. The normalized spacial score (nSPS) is 22.6. The van der Waals surface area contributed by atoms with E-state index in [1.807, 2.05) is 53.7 Å². The number of carbonyl (C=O) groups excluding carboxylic acids is 1. The molecule has 1 aromatic rings. The molecule has 5 nitrogen and oxygen atoms in total.